The predicted octanol–water partition coefficient (Wildman–Crippen LogP) is 0.874. The van der Waals surface area contributed by atoms with Crippen molar-refractivity contribution in [1.29, 1.82) is 0 Å². The van der Waals surface area contributed by atoms with Crippen molar-refractivity contribution in [2.24, 2.45) is 5.73 Å². The molecule has 1 amide bonds. The molecular formula is C11H11N3O2S2. The number of aromatic nitrogens is 2. The molecule has 18 heavy (non-hydrogen) atoms. The van der Waals surface area contributed by atoms with E-state index in [9.17, 15) is 9.35 Å². The lowest BCUT2D eigenvalue weighted by atomic mass is 10.2. The van der Waals surface area contributed by atoms with Crippen LogP contribution in [0.1, 0.15) is 11.4 Å². The lowest BCUT2D eigenvalue weighted by Gasteiger charge is -2.05. The van der Waals surface area contributed by atoms with Crippen LogP contribution >= 0.6 is 11.5 Å². The number of nitrogens with two attached hydrogens (primary N) is 1. The SMILES string of the molecule is NC(=O)Cc1nsc([S+]([O-])Cc2ccccc2)n1. The van der Waals surface area contributed by atoms with Crippen molar-refractivity contribution < 1.29 is 9.35 Å². The van der Waals surface area contributed by atoms with Gasteiger partial charge in [-0.05, 0) is 0 Å². The average molecular weight is 281 g/mol. The van der Waals surface area contributed by atoms with Gasteiger partial charge >= 0.3 is 4.34 Å². The van der Waals surface area contributed by atoms with E-state index in [1.807, 2.05) is 30.3 Å². The summed E-state index contributed by atoms with van der Waals surface area (Å²) in [6.45, 7) is 0. The summed E-state index contributed by atoms with van der Waals surface area (Å²) in [5.41, 5.74) is 6.02. The summed E-state index contributed by atoms with van der Waals surface area (Å²) in [7, 11) is 0. The second kappa shape index (κ2) is 5.94. The number of nitrogens with zero attached hydrogens (tertiary/aromatic N) is 2. The Labute approximate surface area is 111 Å². The first-order valence-electron chi connectivity index (χ1n) is 5.18. The van der Waals surface area contributed by atoms with E-state index >= 15 is 0 Å². The van der Waals surface area contributed by atoms with Gasteiger partial charge in [-0.15, -0.1) is 0 Å². The topological polar surface area (TPSA) is 91.9 Å². The fourth-order valence-electron chi connectivity index (χ4n) is 1.35. The molecule has 0 aliphatic carbocycles. The van der Waals surface area contributed by atoms with E-state index < -0.39 is 17.1 Å². The van der Waals surface area contributed by atoms with Gasteiger partial charge in [0.1, 0.15) is 5.75 Å². The Morgan fingerprint density at radius 1 is 1.39 bits per heavy atom. The molecule has 1 heterocycles. The lowest BCUT2D eigenvalue weighted by molar-refractivity contribution is -0.117. The molecule has 2 N–H and O–H groups in total. The Balaban J connectivity index is 2.03. The summed E-state index contributed by atoms with van der Waals surface area (Å²) >= 11 is -0.186. The first kappa shape index (κ1) is 13.0. The molecule has 0 saturated heterocycles. The Bertz CT molecular complexity index is 530. The van der Waals surface area contributed by atoms with E-state index in [0.29, 0.717) is 15.9 Å². The zero-order valence-corrected chi connectivity index (χ0v) is 11.0. The van der Waals surface area contributed by atoms with Crippen molar-refractivity contribution in [1.82, 2.24) is 9.36 Å². The molecule has 0 aliphatic rings. The largest absolute Gasteiger partial charge is 0.609 e. The fourth-order valence-corrected chi connectivity index (χ4v) is 3.23. The zero-order chi connectivity index (χ0) is 13.0. The highest BCUT2D eigenvalue weighted by Gasteiger charge is 2.18. The Hall–Kier alpha value is -1.44. The third-order valence-corrected chi connectivity index (χ3v) is 4.52. The minimum Gasteiger partial charge on any atom is -0.609 e. The molecule has 2 aromatic rings. The van der Waals surface area contributed by atoms with Gasteiger partial charge in [0.2, 0.25) is 5.91 Å². The van der Waals surface area contributed by atoms with E-state index in [4.69, 9.17) is 5.73 Å². The van der Waals surface area contributed by atoms with Crippen molar-refractivity contribution >= 4 is 28.6 Å². The Kier molecular flexibility index (Phi) is 4.29. The maximum Gasteiger partial charge on any atom is 0.321 e. The van der Waals surface area contributed by atoms with E-state index in [0.717, 1.165) is 17.1 Å². The Morgan fingerprint density at radius 3 is 2.78 bits per heavy atom. The van der Waals surface area contributed by atoms with Gasteiger partial charge in [0.25, 0.3) is 0 Å². The number of carbonyl (C=O) groups excluding carboxylic acids is 1. The van der Waals surface area contributed by atoms with Gasteiger partial charge in [-0.3, -0.25) is 4.79 Å². The summed E-state index contributed by atoms with van der Waals surface area (Å²) in [5, 5.41) is 0. The van der Waals surface area contributed by atoms with Crippen molar-refractivity contribution in [2.45, 2.75) is 16.5 Å². The number of carbonyl (C=O) groups is 1. The van der Waals surface area contributed by atoms with Crippen LogP contribution in [0.25, 0.3) is 0 Å². The van der Waals surface area contributed by atoms with Gasteiger partial charge in [-0.1, -0.05) is 30.3 Å². The van der Waals surface area contributed by atoms with Gasteiger partial charge in [-0.25, -0.2) is 0 Å². The highest BCUT2D eigenvalue weighted by atomic mass is 32.2. The number of rotatable bonds is 5. The maximum atomic E-state index is 12.0. The molecule has 5 nitrogen and oxygen atoms in total. The van der Waals surface area contributed by atoms with Crippen LogP contribution < -0.4 is 5.73 Å². The summed E-state index contributed by atoms with van der Waals surface area (Å²) in [6.07, 6.45) is -0.0148. The van der Waals surface area contributed by atoms with Crippen molar-refractivity contribution in [2.75, 3.05) is 0 Å². The molecule has 0 radical (unpaired) electrons. The minimum absolute atomic E-state index is 0.0148. The van der Waals surface area contributed by atoms with Crippen LogP contribution in [0.2, 0.25) is 0 Å². The van der Waals surface area contributed by atoms with Crippen LogP contribution in [0, 0.1) is 0 Å². The monoisotopic (exact) mass is 281 g/mol. The standard InChI is InChI=1S/C11H11N3O2S2/c12-9(15)6-10-13-11(17-14-10)18(16)7-8-4-2-1-3-5-8/h1-5H,6-7H2,(H2,12,15). The molecule has 0 fully saturated rings. The number of hydrogen-bond donors (Lipinski definition) is 1. The highest BCUT2D eigenvalue weighted by molar-refractivity contribution is 7.92. The van der Waals surface area contributed by atoms with Crippen LogP contribution in [-0.4, -0.2) is 19.8 Å². The average Bonchev–Trinajstić information content (AvgIpc) is 2.78. The number of benzene rings is 1. The van der Waals surface area contributed by atoms with Crippen LogP contribution in [0.15, 0.2) is 34.7 Å². The number of primary amides is 1. The van der Waals surface area contributed by atoms with E-state index in [1.54, 1.807) is 0 Å². The summed E-state index contributed by atoms with van der Waals surface area (Å²) in [4.78, 5) is 14.8. The third-order valence-electron chi connectivity index (χ3n) is 2.12. The van der Waals surface area contributed by atoms with E-state index in [1.165, 1.54) is 0 Å². The first-order valence-corrected chi connectivity index (χ1v) is 7.27. The van der Waals surface area contributed by atoms with Gasteiger partial charge in [0.05, 0.1) is 6.42 Å². The van der Waals surface area contributed by atoms with Crippen LogP contribution in [0.5, 0.6) is 0 Å². The van der Waals surface area contributed by atoms with Gasteiger partial charge in [-0.2, -0.15) is 9.36 Å². The van der Waals surface area contributed by atoms with Crippen LogP contribution in [-0.2, 0) is 28.1 Å². The number of amides is 1. The molecule has 1 atom stereocenters. The molecular weight excluding hydrogens is 270 g/mol. The van der Waals surface area contributed by atoms with Gasteiger partial charge < -0.3 is 10.3 Å². The predicted molar refractivity (Wildman–Crippen MR) is 69.4 cm³/mol. The molecule has 1 aromatic carbocycles. The van der Waals surface area contributed by atoms with E-state index in [-0.39, 0.29) is 6.42 Å². The highest BCUT2D eigenvalue weighted by Crippen LogP contribution is 2.18. The lowest BCUT2D eigenvalue weighted by Crippen LogP contribution is -2.14. The molecule has 94 valence electrons. The van der Waals surface area contributed by atoms with Crippen molar-refractivity contribution in [3.8, 4) is 0 Å². The first-order chi connectivity index (χ1) is 8.65. The molecule has 0 spiro atoms. The second-order valence-electron chi connectivity index (χ2n) is 3.60. The Morgan fingerprint density at radius 2 is 2.11 bits per heavy atom. The smallest absolute Gasteiger partial charge is 0.321 e. The third kappa shape index (κ3) is 3.52. The quantitative estimate of drug-likeness (QED) is 0.823. The maximum absolute atomic E-state index is 12.0. The zero-order valence-electron chi connectivity index (χ0n) is 9.41. The summed E-state index contributed by atoms with van der Waals surface area (Å²) in [5.74, 6) is 0.239. The molecule has 0 bridgehead atoms. The molecule has 0 aliphatic heterocycles. The van der Waals surface area contributed by atoms with Crippen molar-refractivity contribution in [3.05, 3.63) is 41.7 Å². The van der Waals surface area contributed by atoms with Crippen molar-refractivity contribution in [3.63, 3.8) is 0 Å². The minimum atomic E-state index is -1.24. The molecule has 7 heteroatoms. The number of hydrogen-bond acceptors (Lipinski definition) is 5. The fraction of sp³-hybridized carbons (Fsp3) is 0.182. The molecule has 1 aromatic heterocycles. The van der Waals surface area contributed by atoms with Gasteiger partial charge in [0, 0.05) is 28.3 Å². The van der Waals surface area contributed by atoms with Gasteiger partial charge in [0.15, 0.2) is 5.82 Å². The second-order valence-corrected chi connectivity index (χ2v) is 5.97. The molecule has 2 rings (SSSR count). The summed E-state index contributed by atoms with van der Waals surface area (Å²) in [6, 6.07) is 9.51. The van der Waals surface area contributed by atoms with E-state index in [2.05, 4.69) is 9.36 Å². The van der Waals surface area contributed by atoms with Crippen LogP contribution in [0.4, 0.5) is 0 Å². The summed E-state index contributed by atoms with van der Waals surface area (Å²) < 4.78 is 16.4. The normalized spacial score (nSPS) is 12.3. The molecule has 1 unspecified atom stereocenters. The molecule has 0 saturated carbocycles. The van der Waals surface area contributed by atoms with Crippen LogP contribution in [0.3, 0.4) is 0 Å².